The van der Waals surface area contributed by atoms with E-state index in [2.05, 4.69) is 20.6 Å². The van der Waals surface area contributed by atoms with Gasteiger partial charge in [0.1, 0.15) is 5.75 Å². The predicted octanol–water partition coefficient (Wildman–Crippen LogP) is 3.85. The lowest BCUT2D eigenvalue weighted by Crippen LogP contribution is -2.36. The Labute approximate surface area is 214 Å². The third-order valence-electron chi connectivity index (χ3n) is 6.08. The molecule has 1 aliphatic heterocycles. The fourth-order valence-electron chi connectivity index (χ4n) is 4.14. The van der Waals surface area contributed by atoms with Crippen molar-refractivity contribution < 1.29 is 19.4 Å². The van der Waals surface area contributed by atoms with Crippen LogP contribution < -0.4 is 15.5 Å². The number of phenolic OH excluding ortho intramolecular Hbond substituents is 1. The highest BCUT2D eigenvalue weighted by atomic mass is 16.5. The summed E-state index contributed by atoms with van der Waals surface area (Å²) >= 11 is 0. The number of nitrogens with one attached hydrogen (secondary N) is 2. The molecule has 188 valence electrons. The summed E-state index contributed by atoms with van der Waals surface area (Å²) in [5.74, 6) is -0.422. The molecule has 2 heterocycles. The average Bonchev–Trinajstić information content (AvgIpc) is 3.39. The van der Waals surface area contributed by atoms with E-state index < -0.39 is 0 Å². The number of phenols is 1. The molecule has 0 spiro atoms. The van der Waals surface area contributed by atoms with Crippen LogP contribution in [-0.2, 0) is 16.0 Å². The second-order valence-electron chi connectivity index (χ2n) is 8.68. The molecule has 4 aromatic rings. The molecule has 9 nitrogen and oxygen atoms in total. The fraction of sp³-hybridized carbons (Fsp3) is 0.179. The third kappa shape index (κ3) is 5.96. The monoisotopic (exact) mass is 497 g/mol. The van der Waals surface area contributed by atoms with Gasteiger partial charge in [-0.3, -0.25) is 9.59 Å². The molecule has 3 N–H and O–H groups in total. The molecule has 2 amide bonds. The van der Waals surface area contributed by atoms with E-state index in [0.29, 0.717) is 28.2 Å². The molecule has 1 aromatic heterocycles. The number of ether oxygens (including phenoxy) is 1. The number of aromatic nitrogens is 2. The summed E-state index contributed by atoms with van der Waals surface area (Å²) in [5, 5.41) is 19.9. The van der Waals surface area contributed by atoms with Gasteiger partial charge in [0.2, 0.25) is 5.91 Å². The predicted molar refractivity (Wildman–Crippen MR) is 141 cm³/mol. The molecular weight excluding hydrogens is 470 g/mol. The highest BCUT2D eigenvalue weighted by Gasteiger charge is 2.13. The van der Waals surface area contributed by atoms with Crippen LogP contribution in [0.2, 0.25) is 0 Å². The topological polar surface area (TPSA) is 109 Å². The van der Waals surface area contributed by atoms with E-state index in [1.54, 1.807) is 53.3 Å². The number of amides is 2. The number of hydrogen-bond donors (Lipinski definition) is 3. The molecule has 3 aromatic carbocycles. The Kier molecular flexibility index (Phi) is 7.14. The first-order valence-corrected chi connectivity index (χ1v) is 12.0. The van der Waals surface area contributed by atoms with Crippen LogP contribution in [0.5, 0.6) is 5.75 Å². The Morgan fingerprint density at radius 1 is 0.892 bits per heavy atom. The minimum atomic E-state index is -0.270. The molecule has 1 aliphatic rings. The maximum atomic E-state index is 12.9. The molecular formula is C28H27N5O4. The van der Waals surface area contributed by atoms with Gasteiger partial charge in [0, 0.05) is 35.6 Å². The summed E-state index contributed by atoms with van der Waals surface area (Å²) in [6.45, 7) is 3.15. The van der Waals surface area contributed by atoms with Crippen LogP contribution in [0.25, 0.3) is 5.69 Å². The van der Waals surface area contributed by atoms with Crippen LogP contribution in [0.1, 0.15) is 15.9 Å². The van der Waals surface area contributed by atoms with Crippen molar-refractivity contribution in [2.75, 3.05) is 41.8 Å². The largest absolute Gasteiger partial charge is 0.508 e. The second kappa shape index (κ2) is 11.0. The van der Waals surface area contributed by atoms with Gasteiger partial charge in [0.25, 0.3) is 5.91 Å². The first kappa shape index (κ1) is 24.1. The van der Waals surface area contributed by atoms with Gasteiger partial charge in [-0.25, -0.2) is 4.68 Å². The highest BCUT2D eigenvalue weighted by molar-refractivity contribution is 6.04. The summed E-state index contributed by atoms with van der Waals surface area (Å²) in [4.78, 5) is 27.5. The maximum Gasteiger partial charge on any atom is 0.255 e. The Morgan fingerprint density at radius 3 is 2.46 bits per heavy atom. The first-order chi connectivity index (χ1) is 18.0. The van der Waals surface area contributed by atoms with Crippen LogP contribution in [-0.4, -0.2) is 53.0 Å². The fourth-order valence-corrected chi connectivity index (χ4v) is 4.14. The number of benzene rings is 3. The molecule has 0 aliphatic carbocycles. The third-order valence-corrected chi connectivity index (χ3v) is 6.08. The molecule has 37 heavy (non-hydrogen) atoms. The van der Waals surface area contributed by atoms with E-state index >= 15 is 0 Å². The minimum Gasteiger partial charge on any atom is -0.508 e. The van der Waals surface area contributed by atoms with Crippen molar-refractivity contribution in [3.63, 3.8) is 0 Å². The van der Waals surface area contributed by atoms with Crippen molar-refractivity contribution in [1.82, 2.24) is 9.78 Å². The van der Waals surface area contributed by atoms with Crippen LogP contribution in [0.3, 0.4) is 0 Å². The van der Waals surface area contributed by atoms with Gasteiger partial charge >= 0.3 is 0 Å². The number of para-hydroxylation sites is 1. The minimum absolute atomic E-state index is 0.0426. The van der Waals surface area contributed by atoms with Crippen LogP contribution in [0.4, 0.5) is 17.1 Å². The first-order valence-electron chi connectivity index (χ1n) is 12.0. The molecule has 0 saturated carbocycles. The zero-order chi connectivity index (χ0) is 25.6. The molecule has 0 bridgehead atoms. The molecule has 9 heteroatoms. The van der Waals surface area contributed by atoms with Crippen molar-refractivity contribution in [2.45, 2.75) is 6.42 Å². The van der Waals surface area contributed by atoms with E-state index in [4.69, 9.17) is 4.74 Å². The van der Waals surface area contributed by atoms with E-state index in [1.807, 2.05) is 30.3 Å². The molecule has 1 saturated heterocycles. The van der Waals surface area contributed by atoms with Crippen molar-refractivity contribution >= 4 is 28.9 Å². The lowest BCUT2D eigenvalue weighted by Gasteiger charge is -2.28. The Morgan fingerprint density at radius 2 is 1.68 bits per heavy atom. The van der Waals surface area contributed by atoms with Gasteiger partial charge in [-0.2, -0.15) is 5.10 Å². The number of hydrogen-bond acceptors (Lipinski definition) is 6. The van der Waals surface area contributed by atoms with Crippen molar-refractivity contribution in [1.29, 1.82) is 0 Å². The molecule has 0 unspecified atom stereocenters. The van der Waals surface area contributed by atoms with Crippen molar-refractivity contribution in [3.8, 4) is 11.4 Å². The summed E-state index contributed by atoms with van der Waals surface area (Å²) in [5.41, 5.74) is 4.02. The lowest BCUT2D eigenvalue weighted by atomic mass is 10.1. The van der Waals surface area contributed by atoms with Crippen LogP contribution >= 0.6 is 0 Å². The number of aromatic hydroxyl groups is 1. The van der Waals surface area contributed by atoms with E-state index in [1.165, 1.54) is 6.20 Å². The summed E-state index contributed by atoms with van der Waals surface area (Å²) in [7, 11) is 0. The lowest BCUT2D eigenvalue weighted by molar-refractivity contribution is -0.115. The Balaban J connectivity index is 1.21. The summed E-state index contributed by atoms with van der Waals surface area (Å²) in [6.07, 6.45) is 3.25. The second-order valence-corrected chi connectivity index (χ2v) is 8.68. The van der Waals surface area contributed by atoms with E-state index in [-0.39, 0.29) is 24.0 Å². The molecule has 0 atom stereocenters. The average molecular weight is 498 g/mol. The Hall–Kier alpha value is -4.63. The van der Waals surface area contributed by atoms with E-state index in [9.17, 15) is 14.7 Å². The van der Waals surface area contributed by atoms with Gasteiger partial charge in [-0.05, 0) is 48.5 Å². The van der Waals surface area contributed by atoms with Crippen molar-refractivity contribution in [3.05, 3.63) is 96.3 Å². The normalized spacial score (nSPS) is 13.2. The number of morpholine rings is 1. The van der Waals surface area contributed by atoms with Gasteiger partial charge in [-0.15, -0.1) is 0 Å². The zero-order valence-corrected chi connectivity index (χ0v) is 20.1. The summed E-state index contributed by atoms with van der Waals surface area (Å²) < 4.78 is 6.99. The van der Waals surface area contributed by atoms with Gasteiger partial charge in [0.15, 0.2) is 0 Å². The van der Waals surface area contributed by atoms with Crippen LogP contribution in [0.15, 0.2) is 85.2 Å². The molecule has 1 fully saturated rings. The van der Waals surface area contributed by atoms with Gasteiger partial charge in [0.05, 0.1) is 43.4 Å². The van der Waals surface area contributed by atoms with E-state index in [0.717, 1.165) is 32.0 Å². The van der Waals surface area contributed by atoms with Crippen molar-refractivity contribution in [2.24, 2.45) is 0 Å². The number of carbonyl (C=O) groups excluding carboxylic acids is 2. The smallest absolute Gasteiger partial charge is 0.255 e. The number of rotatable bonds is 7. The SMILES string of the molecule is O=C(Cc1ccccc1O)Nc1cnn(-c2cccc(C(=O)Nc3ccc(N4CCOCC4)cc3)c2)c1. The van der Waals surface area contributed by atoms with Crippen LogP contribution in [0, 0.1) is 0 Å². The maximum absolute atomic E-state index is 12.9. The zero-order valence-electron chi connectivity index (χ0n) is 20.1. The number of carbonyl (C=O) groups is 2. The number of anilines is 3. The quantitative estimate of drug-likeness (QED) is 0.358. The molecule has 0 radical (unpaired) electrons. The molecule has 5 rings (SSSR count). The summed E-state index contributed by atoms with van der Waals surface area (Å²) in [6, 6.07) is 21.6. The highest BCUT2D eigenvalue weighted by Crippen LogP contribution is 2.21. The standard InChI is InChI=1S/C28H27N5O4/c34-26-7-2-1-4-20(26)17-27(35)30-23-18-29-33(19-23)25-6-3-5-21(16-25)28(36)31-22-8-10-24(11-9-22)32-12-14-37-15-13-32/h1-11,16,18-19,34H,12-15,17H2,(H,30,35)(H,31,36). The number of nitrogens with zero attached hydrogens (tertiary/aromatic N) is 3. The Bertz CT molecular complexity index is 1390. The van der Waals surface area contributed by atoms with Gasteiger partial charge < -0.3 is 25.4 Å². The van der Waals surface area contributed by atoms with Gasteiger partial charge in [-0.1, -0.05) is 24.3 Å².